The Morgan fingerprint density at radius 1 is 1.12 bits per heavy atom. The predicted octanol–water partition coefficient (Wildman–Crippen LogP) is 0.762. The fourth-order valence-corrected chi connectivity index (χ4v) is 2.98. The van der Waals surface area contributed by atoms with E-state index < -0.39 is 34.0 Å². The van der Waals surface area contributed by atoms with Crippen molar-refractivity contribution < 1.29 is 23.1 Å². The summed E-state index contributed by atoms with van der Waals surface area (Å²) in [5.41, 5.74) is 0.765. The Morgan fingerprint density at radius 3 is 2.17 bits per heavy atom. The molecule has 0 aromatic heterocycles. The monoisotopic (exact) mass is 356 g/mol. The van der Waals surface area contributed by atoms with Crippen LogP contribution in [0.1, 0.15) is 25.8 Å². The highest BCUT2D eigenvalue weighted by atomic mass is 32.2. The molecule has 3 N–H and O–H groups in total. The highest BCUT2D eigenvalue weighted by molar-refractivity contribution is 7.88. The zero-order chi connectivity index (χ0) is 18.3. The predicted molar refractivity (Wildman–Crippen MR) is 90.9 cm³/mol. The molecule has 0 aliphatic heterocycles. The number of nitrogens with one attached hydrogen (secondary N) is 2. The van der Waals surface area contributed by atoms with E-state index in [1.54, 1.807) is 24.3 Å². The number of aliphatic carboxylic acids is 1. The third kappa shape index (κ3) is 7.56. The number of carbonyl (C=O) groups is 2. The highest BCUT2D eigenvalue weighted by Crippen LogP contribution is 2.08. The fourth-order valence-electron chi connectivity index (χ4n) is 2.26. The summed E-state index contributed by atoms with van der Waals surface area (Å²) in [5.74, 6) is -1.75. The van der Waals surface area contributed by atoms with Gasteiger partial charge in [0.05, 0.1) is 6.26 Å². The molecule has 0 saturated carbocycles. The Morgan fingerprint density at radius 2 is 1.71 bits per heavy atom. The van der Waals surface area contributed by atoms with Crippen LogP contribution >= 0.6 is 0 Å². The van der Waals surface area contributed by atoms with E-state index in [1.165, 1.54) is 0 Å². The van der Waals surface area contributed by atoms with Crippen molar-refractivity contribution >= 4 is 21.9 Å². The molecular weight excluding hydrogens is 332 g/mol. The Labute approximate surface area is 142 Å². The third-order valence-electron chi connectivity index (χ3n) is 3.28. The van der Waals surface area contributed by atoms with Gasteiger partial charge in [0.1, 0.15) is 12.1 Å². The first kappa shape index (κ1) is 20.1. The van der Waals surface area contributed by atoms with Crippen molar-refractivity contribution in [3.8, 4) is 0 Å². The number of carbonyl (C=O) groups excluding carboxylic acids is 1. The van der Waals surface area contributed by atoms with E-state index in [0.29, 0.717) is 0 Å². The molecule has 1 aromatic rings. The molecule has 0 spiro atoms. The molecular formula is C16H24N2O5S. The van der Waals surface area contributed by atoms with Crippen LogP contribution in [0.4, 0.5) is 0 Å². The van der Waals surface area contributed by atoms with Gasteiger partial charge in [-0.1, -0.05) is 44.2 Å². The zero-order valence-corrected chi connectivity index (χ0v) is 14.8. The van der Waals surface area contributed by atoms with Crippen molar-refractivity contribution in [2.24, 2.45) is 5.92 Å². The topological polar surface area (TPSA) is 113 Å². The standard InChI is InChI=1S/C16H24N2O5S/c1-11(2)9-13(18-24(3,22)23)15(19)17-14(16(20)21)10-12-7-5-4-6-8-12/h4-8,11,13-14,18H,9-10H2,1-3H3,(H,17,19)(H,20,21)/t13-,14-/m0/s1. The van der Waals surface area contributed by atoms with E-state index in [0.717, 1.165) is 11.8 Å². The van der Waals surface area contributed by atoms with Crippen LogP contribution in [0.25, 0.3) is 0 Å². The molecule has 0 aliphatic rings. The minimum Gasteiger partial charge on any atom is -0.480 e. The maximum absolute atomic E-state index is 12.4. The van der Waals surface area contributed by atoms with Gasteiger partial charge >= 0.3 is 5.97 Å². The van der Waals surface area contributed by atoms with Gasteiger partial charge in [0, 0.05) is 6.42 Å². The zero-order valence-electron chi connectivity index (χ0n) is 14.0. The summed E-state index contributed by atoms with van der Waals surface area (Å²) in [5, 5.41) is 11.8. The number of carboxylic acids is 1. The summed E-state index contributed by atoms with van der Waals surface area (Å²) >= 11 is 0. The number of rotatable bonds is 9. The molecule has 134 valence electrons. The van der Waals surface area contributed by atoms with Gasteiger partial charge in [-0.3, -0.25) is 4.79 Å². The molecule has 7 nitrogen and oxygen atoms in total. The Kier molecular flexibility index (Phi) is 7.37. The average molecular weight is 356 g/mol. The third-order valence-corrected chi connectivity index (χ3v) is 3.99. The molecule has 2 atom stereocenters. The van der Waals surface area contributed by atoms with E-state index >= 15 is 0 Å². The van der Waals surface area contributed by atoms with E-state index in [9.17, 15) is 23.1 Å². The molecule has 8 heteroatoms. The van der Waals surface area contributed by atoms with Crippen LogP contribution in [-0.2, 0) is 26.0 Å². The number of hydrogen-bond acceptors (Lipinski definition) is 4. The smallest absolute Gasteiger partial charge is 0.326 e. The second-order valence-electron chi connectivity index (χ2n) is 6.16. The van der Waals surface area contributed by atoms with E-state index in [2.05, 4.69) is 10.0 Å². The van der Waals surface area contributed by atoms with Crippen LogP contribution < -0.4 is 10.0 Å². The lowest BCUT2D eigenvalue weighted by Crippen LogP contribution is -2.52. The molecule has 0 unspecified atom stereocenters. The van der Waals surface area contributed by atoms with Crippen LogP contribution in [0.15, 0.2) is 30.3 Å². The Bertz CT molecular complexity index is 658. The van der Waals surface area contributed by atoms with Crippen molar-refractivity contribution in [3.05, 3.63) is 35.9 Å². The van der Waals surface area contributed by atoms with E-state index in [-0.39, 0.29) is 18.8 Å². The van der Waals surface area contributed by atoms with Crippen molar-refractivity contribution in [2.45, 2.75) is 38.8 Å². The summed E-state index contributed by atoms with van der Waals surface area (Å²) in [6.45, 7) is 3.70. The number of hydrogen-bond donors (Lipinski definition) is 3. The molecule has 0 fully saturated rings. The lowest BCUT2D eigenvalue weighted by atomic mass is 10.0. The molecule has 0 aliphatic carbocycles. The number of carboxylic acid groups (broad SMARTS) is 1. The molecule has 0 heterocycles. The minimum absolute atomic E-state index is 0.0624. The van der Waals surface area contributed by atoms with Gasteiger partial charge in [-0.25, -0.2) is 17.9 Å². The van der Waals surface area contributed by atoms with E-state index in [4.69, 9.17) is 0 Å². The molecule has 1 rings (SSSR count). The van der Waals surface area contributed by atoms with Gasteiger partial charge < -0.3 is 10.4 Å². The second-order valence-corrected chi connectivity index (χ2v) is 7.94. The summed E-state index contributed by atoms with van der Waals surface area (Å²) in [4.78, 5) is 23.8. The summed E-state index contributed by atoms with van der Waals surface area (Å²) in [6.07, 6.45) is 1.36. The molecule has 0 saturated heterocycles. The van der Waals surface area contributed by atoms with Gasteiger partial charge in [0.2, 0.25) is 15.9 Å². The maximum Gasteiger partial charge on any atom is 0.326 e. The Balaban J connectivity index is 2.85. The molecule has 0 radical (unpaired) electrons. The number of benzene rings is 1. The summed E-state index contributed by atoms with van der Waals surface area (Å²) < 4.78 is 25.1. The minimum atomic E-state index is -3.59. The van der Waals surface area contributed by atoms with Gasteiger partial charge in [-0.2, -0.15) is 0 Å². The van der Waals surface area contributed by atoms with Gasteiger partial charge in [-0.15, -0.1) is 0 Å². The van der Waals surface area contributed by atoms with Crippen molar-refractivity contribution in [1.82, 2.24) is 10.0 Å². The van der Waals surface area contributed by atoms with Crippen molar-refractivity contribution in [2.75, 3.05) is 6.26 Å². The molecule has 1 amide bonds. The largest absolute Gasteiger partial charge is 0.480 e. The first-order chi connectivity index (χ1) is 11.1. The Hall–Kier alpha value is -1.93. The van der Waals surface area contributed by atoms with Crippen LogP contribution in [0.3, 0.4) is 0 Å². The average Bonchev–Trinajstić information content (AvgIpc) is 2.44. The van der Waals surface area contributed by atoms with Gasteiger partial charge in [-0.05, 0) is 17.9 Å². The first-order valence-corrected chi connectivity index (χ1v) is 9.52. The molecule has 1 aromatic carbocycles. The fraction of sp³-hybridized carbons (Fsp3) is 0.500. The lowest BCUT2D eigenvalue weighted by molar-refractivity contribution is -0.142. The molecule has 24 heavy (non-hydrogen) atoms. The number of sulfonamides is 1. The van der Waals surface area contributed by atoms with Crippen LogP contribution in [-0.4, -0.2) is 43.7 Å². The van der Waals surface area contributed by atoms with Gasteiger partial charge in [0.25, 0.3) is 0 Å². The van der Waals surface area contributed by atoms with Crippen LogP contribution in [0.5, 0.6) is 0 Å². The van der Waals surface area contributed by atoms with E-state index in [1.807, 2.05) is 19.9 Å². The van der Waals surface area contributed by atoms with Crippen molar-refractivity contribution in [3.63, 3.8) is 0 Å². The summed E-state index contributed by atoms with van der Waals surface area (Å²) in [7, 11) is -3.59. The SMILES string of the molecule is CC(C)C[C@H](NS(C)(=O)=O)C(=O)N[C@@H](Cc1ccccc1)C(=O)O. The second kappa shape index (κ2) is 8.79. The van der Waals surface area contributed by atoms with Gasteiger partial charge in [0.15, 0.2) is 0 Å². The quantitative estimate of drug-likeness (QED) is 0.605. The number of amides is 1. The summed E-state index contributed by atoms with van der Waals surface area (Å²) in [6, 6.07) is 6.77. The first-order valence-electron chi connectivity index (χ1n) is 7.63. The van der Waals surface area contributed by atoms with Crippen LogP contribution in [0, 0.1) is 5.92 Å². The highest BCUT2D eigenvalue weighted by Gasteiger charge is 2.27. The van der Waals surface area contributed by atoms with Crippen LogP contribution in [0.2, 0.25) is 0 Å². The van der Waals surface area contributed by atoms with Crippen molar-refractivity contribution in [1.29, 1.82) is 0 Å². The normalized spacial score (nSPS) is 14.2. The lowest BCUT2D eigenvalue weighted by Gasteiger charge is -2.22. The molecule has 0 bridgehead atoms. The maximum atomic E-state index is 12.4.